The van der Waals surface area contributed by atoms with Crippen molar-refractivity contribution in [3.05, 3.63) is 39.5 Å². The molecule has 0 bridgehead atoms. The maximum atomic E-state index is 11.7. The van der Waals surface area contributed by atoms with E-state index in [9.17, 15) is 4.79 Å². The molecule has 1 heterocycles. The molecule has 1 aromatic rings. The minimum atomic E-state index is -0.249. The number of halogens is 2. The molecule has 0 aliphatic carbocycles. The van der Waals surface area contributed by atoms with Gasteiger partial charge >= 0.3 is 0 Å². The summed E-state index contributed by atoms with van der Waals surface area (Å²) in [6.45, 7) is 2.00. The number of amides is 1. The van der Waals surface area contributed by atoms with Crippen LogP contribution in [0.4, 0.5) is 0 Å². The van der Waals surface area contributed by atoms with Gasteiger partial charge in [-0.15, -0.1) is 0 Å². The van der Waals surface area contributed by atoms with Crippen LogP contribution in [0.15, 0.2) is 29.0 Å². The molecule has 0 saturated heterocycles. The van der Waals surface area contributed by atoms with E-state index in [4.69, 9.17) is 27.9 Å². The molecule has 2 rings (SSSR count). The topological polar surface area (TPSA) is 53.9 Å². The molecular weight excluding hydrogens is 313 g/mol. The standard InChI is InChI=1S/C14H15Cl2N3O2/c1-8-4-13(11(16)5-10(8)15)21-7-12-9(6-19(2)3)14(20)18-17-12/h4-6H,7H2,1-3H3,(H,18,20). The van der Waals surface area contributed by atoms with Crippen LogP contribution in [0.3, 0.4) is 0 Å². The van der Waals surface area contributed by atoms with Crippen LogP contribution in [-0.4, -0.2) is 37.2 Å². The molecule has 0 spiro atoms. The molecule has 1 aliphatic rings. The molecule has 0 aromatic heterocycles. The molecule has 0 atom stereocenters. The molecule has 1 aromatic carbocycles. The van der Waals surface area contributed by atoms with E-state index < -0.39 is 0 Å². The van der Waals surface area contributed by atoms with E-state index >= 15 is 0 Å². The van der Waals surface area contributed by atoms with E-state index in [-0.39, 0.29) is 12.5 Å². The highest BCUT2D eigenvalue weighted by Gasteiger charge is 2.23. The second-order valence-corrected chi connectivity index (χ2v) is 5.64. The lowest BCUT2D eigenvalue weighted by atomic mass is 10.2. The van der Waals surface area contributed by atoms with Crippen molar-refractivity contribution in [3.8, 4) is 5.75 Å². The van der Waals surface area contributed by atoms with Crippen molar-refractivity contribution < 1.29 is 9.53 Å². The lowest BCUT2D eigenvalue weighted by Gasteiger charge is -2.11. The molecule has 0 radical (unpaired) electrons. The summed E-state index contributed by atoms with van der Waals surface area (Å²) in [4.78, 5) is 13.5. The predicted octanol–water partition coefficient (Wildman–Crippen LogP) is 2.61. The first-order chi connectivity index (χ1) is 9.88. The molecule has 0 fully saturated rings. The highest BCUT2D eigenvalue weighted by atomic mass is 35.5. The summed E-state index contributed by atoms with van der Waals surface area (Å²) in [5, 5.41) is 4.96. The first kappa shape index (κ1) is 15.7. The molecule has 5 nitrogen and oxygen atoms in total. The van der Waals surface area contributed by atoms with Crippen molar-refractivity contribution in [1.82, 2.24) is 10.3 Å². The third-order valence-corrected chi connectivity index (χ3v) is 3.52. The number of hydrogen-bond donors (Lipinski definition) is 1. The summed E-state index contributed by atoms with van der Waals surface area (Å²) in [6, 6.07) is 3.38. The van der Waals surface area contributed by atoms with E-state index in [1.165, 1.54) is 0 Å². The minimum absolute atomic E-state index is 0.138. The van der Waals surface area contributed by atoms with Crippen molar-refractivity contribution in [2.75, 3.05) is 20.7 Å². The van der Waals surface area contributed by atoms with Gasteiger partial charge in [-0.05, 0) is 24.6 Å². The summed E-state index contributed by atoms with van der Waals surface area (Å²) in [5.41, 5.74) is 4.28. The van der Waals surface area contributed by atoms with Crippen LogP contribution >= 0.6 is 23.2 Å². The smallest absolute Gasteiger partial charge is 0.274 e. The maximum absolute atomic E-state index is 11.7. The Morgan fingerprint density at radius 2 is 2.05 bits per heavy atom. The average Bonchev–Trinajstić information content (AvgIpc) is 2.73. The summed E-state index contributed by atoms with van der Waals surface area (Å²) in [6.07, 6.45) is 1.69. The van der Waals surface area contributed by atoms with Gasteiger partial charge in [0.25, 0.3) is 5.91 Å². The average molecular weight is 328 g/mol. The van der Waals surface area contributed by atoms with Gasteiger partial charge in [0.15, 0.2) is 0 Å². The lowest BCUT2D eigenvalue weighted by molar-refractivity contribution is -0.116. The van der Waals surface area contributed by atoms with Crippen molar-refractivity contribution in [2.45, 2.75) is 6.92 Å². The van der Waals surface area contributed by atoms with Gasteiger partial charge in [-0.1, -0.05) is 23.2 Å². The van der Waals surface area contributed by atoms with Gasteiger partial charge in [-0.25, -0.2) is 5.43 Å². The molecule has 112 valence electrons. The van der Waals surface area contributed by atoms with Gasteiger partial charge in [-0.3, -0.25) is 4.79 Å². The number of nitrogens with zero attached hydrogens (tertiary/aromatic N) is 2. The van der Waals surface area contributed by atoms with Gasteiger partial charge in [0.2, 0.25) is 0 Å². The van der Waals surface area contributed by atoms with Crippen LogP contribution in [0, 0.1) is 6.92 Å². The second kappa shape index (κ2) is 6.37. The number of nitrogens with one attached hydrogen (secondary N) is 1. The zero-order chi connectivity index (χ0) is 15.6. The van der Waals surface area contributed by atoms with Crippen LogP contribution in [-0.2, 0) is 4.79 Å². The third kappa shape index (κ3) is 3.68. The number of carbonyl (C=O) groups is 1. The zero-order valence-electron chi connectivity index (χ0n) is 11.9. The highest BCUT2D eigenvalue weighted by Crippen LogP contribution is 2.30. The van der Waals surface area contributed by atoms with Crippen LogP contribution in [0.2, 0.25) is 10.0 Å². The van der Waals surface area contributed by atoms with Crippen LogP contribution < -0.4 is 10.2 Å². The molecule has 1 aliphatic heterocycles. The molecular formula is C14H15Cl2N3O2. The van der Waals surface area contributed by atoms with Crippen LogP contribution in [0.25, 0.3) is 0 Å². The van der Waals surface area contributed by atoms with E-state index in [1.807, 2.05) is 21.0 Å². The molecule has 21 heavy (non-hydrogen) atoms. The minimum Gasteiger partial charge on any atom is -0.486 e. The number of ether oxygens (including phenoxy) is 1. The Kier molecular flexibility index (Phi) is 4.75. The Bertz CT molecular complexity index is 639. The molecule has 1 amide bonds. The lowest BCUT2D eigenvalue weighted by Crippen LogP contribution is -2.19. The summed E-state index contributed by atoms with van der Waals surface area (Å²) < 4.78 is 5.64. The van der Waals surface area contributed by atoms with Gasteiger partial charge in [0, 0.05) is 25.3 Å². The first-order valence-electron chi connectivity index (χ1n) is 6.22. The number of benzene rings is 1. The van der Waals surface area contributed by atoms with Crippen molar-refractivity contribution in [3.63, 3.8) is 0 Å². The van der Waals surface area contributed by atoms with Crippen LogP contribution in [0.5, 0.6) is 5.75 Å². The normalized spacial score (nSPS) is 16.0. The Hall–Kier alpha value is -1.72. The fraction of sp³-hybridized carbons (Fsp3) is 0.286. The van der Waals surface area contributed by atoms with E-state index in [0.717, 1.165) is 5.56 Å². The summed E-state index contributed by atoms with van der Waals surface area (Å²) in [7, 11) is 3.66. The number of aryl methyl sites for hydroxylation is 1. The fourth-order valence-corrected chi connectivity index (χ4v) is 2.20. The monoisotopic (exact) mass is 327 g/mol. The third-order valence-electron chi connectivity index (χ3n) is 2.81. The number of rotatable bonds is 4. The SMILES string of the molecule is Cc1cc(OCC2=NNC(=O)C2=CN(C)C)c(Cl)cc1Cl. The Morgan fingerprint density at radius 3 is 2.71 bits per heavy atom. The van der Waals surface area contributed by atoms with Gasteiger partial charge in [-0.2, -0.15) is 5.10 Å². The zero-order valence-corrected chi connectivity index (χ0v) is 13.4. The molecule has 0 unspecified atom stereocenters. The number of carbonyl (C=O) groups excluding carboxylic acids is 1. The largest absolute Gasteiger partial charge is 0.486 e. The quantitative estimate of drug-likeness (QED) is 0.865. The Labute approximate surface area is 133 Å². The molecule has 7 heteroatoms. The van der Waals surface area contributed by atoms with Crippen molar-refractivity contribution in [1.29, 1.82) is 0 Å². The van der Waals surface area contributed by atoms with Gasteiger partial charge in [0.05, 0.1) is 10.6 Å². The highest BCUT2D eigenvalue weighted by molar-refractivity contribution is 6.36. The second-order valence-electron chi connectivity index (χ2n) is 4.83. The maximum Gasteiger partial charge on any atom is 0.274 e. The first-order valence-corrected chi connectivity index (χ1v) is 6.98. The van der Waals surface area contributed by atoms with Crippen molar-refractivity contribution >= 4 is 34.8 Å². The summed E-state index contributed by atoms with van der Waals surface area (Å²) in [5.74, 6) is 0.255. The van der Waals surface area contributed by atoms with Gasteiger partial charge in [0.1, 0.15) is 18.1 Å². The Balaban J connectivity index is 2.13. The van der Waals surface area contributed by atoms with E-state index in [0.29, 0.717) is 27.1 Å². The van der Waals surface area contributed by atoms with E-state index in [2.05, 4.69) is 10.5 Å². The summed E-state index contributed by atoms with van der Waals surface area (Å²) >= 11 is 12.1. The van der Waals surface area contributed by atoms with Crippen LogP contribution in [0.1, 0.15) is 5.56 Å². The number of hydrogen-bond acceptors (Lipinski definition) is 4. The predicted molar refractivity (Wildman–Crippen MR) is 84.0 cm³/mol. The fourth-order valence-electron chi connectivity index (χ4n) is 1.76. The molecule has 0 saturated carbocycles. The van der Waals surface area contributed by atoms with E-state index in [1.54, 1.807) is 23.2 Å². The van der Waals surface area contributed by atoms with Gasteiger partial charge < -0.3 is 9.64 Å². The van der Waals surface area contributed by atoms with Crippen molar-refractivity contribution in [2.24, 2.45) is 5.10 Å². The molecule has 1 N–H and O–H groups in total. The Morgan fingerprint density at radius 1 is 1.33 bits per heavy atom. The number of hydrazone groups is 1.